The first-order valence-electron chi connectivity index (χ1n) is 11.7. The van der Waals surface area contributed by atoms with E-state index in [1.165, 1.54) is 23.0 Å². The lowest BCUT2D eigenvalue weighted by Crippen LogP contribution is -2.41. The third kappa shape index (κ3) is 6.89. The molecule has 1 aromatic heterocycles. The van der Waals surface area contributed by atoms with E-state index in [4.69, 9.17) is 9.15 Å². The van der Waals surface area contributed by atoms with E-state index in [0.717, 1.165) is 39.4 Å². The first-order valence-corrected chi connectivity index (χ1v) is 11.7. The average molecular weight is 443 g/mol. The first kappa shape index (κ1) is 24.4. The number of rotatable bonds is 10. The van der Waals surface area contributed by atoms with E-state index >= 15 is 0 Å². The minimum absolute atomic E-state index is 0.189. The summed E-state index contributed by atoms with van der Waals surface area (Å²) in [5, 5.41) is 2.95. The predicted octanol–water partition coefficient (Wildman–Crippen LogP) is 3.40. The molecular weight excluding hydrogens is 404 g/mol. The van der Waals surface area contributed by atoms with E-state index in [1.54, 1.807) is 0 Å². The number of hydrogen-bond acceptors (Lipinski definition) is 6. The van der Waals surface area contributed by atoms with Gasteiger partial charge in [0.15, 0.2) is 5.69 Å². The lowest BCUT2D eigenvalue weighted by Gasteiger charge is -2.31. The zero-order valence-corrected chi connectivity index (χ0v) is 20.2. The molecule has 0 radical (unpaired) electrons. The van der Waals surface area contributed by atoms with Gasteiger partial charge in [0.1, 0.15) is 6.26 Å². The Hall–Kier alpha value is -2.22. The Labute approximate surface area is 192 Å². The number of benzene rings is 1. The van der Waals surface area contributed by atoms with Gasteiger partial charge in [0.25, 0.3) is 5.91 Å². The summed E-state index contributed by atoms with van der Waals surface area (Å²) in [5.41, 5.74) is 4.19. The molecule has 1 fully saturated rings. The number of hydrogen-bond donors (Lipinski definition) is 1. The van der Waals surface area contributed by atoms with Crippen LogP contribution >= 0.6 is 0 Å². The molecule has 1 aromatic carbocycles. The molecule has 0 spiro atoms. The molecular formula is C25H38N4O3. The molecule has 0 bridgehead atoms. The highest BCUT2D eigenvalue weighted by Gasteiger charge is 2.22. The van der Waals surface area contributed by atoms with Crippen molar-refractivity contribution >= 4 is 5.91 Å². The van der Waals surface area contributed by atoms with Gasteiger partial charge in [-0.1, -0.05) is 37.6 Å². The molecule has 0 aliphatic carbocycles. The van der Waals surface area contributed by atoms with Gasteiger partial charge in [0.2, 0.25) is 5.89 Å². The largest absolute Gasteiger partial charge is 0.447 e. The number of carbonyl (C=O) groups is 1. The van der Waals surface area contributed by atoms with Crippen LogP contribution in [0.3, 0.4) is 0 Å². The van der Waals surface area contributed by atoms with Crippen LogP contribution in [0.25, 0.3) is 0 Å². The third-order valence-electron chi connectivity index (χ3n) is 6.36. The molecule has 1 atom stereocenters. The summed E-state index contributed by atoms with van der Waals surface area (Å²) < 4.78 is 11.1. The molecule has 1 saturated heterocycles. The molecule has 1 amide bonds. The van der Waals surface area contributed by atoms with Gasteiger partial charge in [-0.25, -0.2) is 4.98 Å². The van der Waals surface area contributed by atoms with Gasteiger partial charge in [-0.3, -0.25) is 14.6 Å². The Morgan fingerprint density at radius 1 is 1.19 bits per heavy atom. The van der Waals surface area contributed by atoms with Crippen LogP contribution in [0.15, 0.2) is 28.9 Å². The lowest BCUT2D eigenvalue weighted by atomic mass is 10.0. The van der Waals surface area contributed by atoms with Crippen LogP contribution in [0.4, 0.5) is 0 Å². The first-order chi connectivity index (χ1) is 15.3. The number of aromatic nitrogens is 1. The second-order valence-electron chi connectivity index (χ2n) is 9.16. The van der Waals surface area contributed by atoms with Crippen molar-refractivity contribution in [2.45, 2.75) is 53.8 Å². The maximum atomic E-state index is 12.5. The maximum absolute atomic E-state index is 12.5. The minimum Gasteiger partial charge on any atom is -0.447 e. The molecule has 176 valence electrons. The second-order valence-corrected chi connectivity index (χ2v) is 9.16. The van der Waals surface area contributed by atoms with Gasteiger partial charge in [-0.05, 0) is 37.8 Å². The van der Waals surface area contributed by atoms with Gasteiger partial charge < -0.3 is 14.5 Å². The van der Waals surface area contributed by atoms with Gasteiger partial charge >= 0.3 is 0 Å². The van der Waals surface area contributed by atoms with Crippen molar-refractivity contribution in [2.75, 3.05) is 39.4 Å². The standard InChI is InChI=1S/C25H38N4O3/c1-18(2)21(5)29(15-22-14-19(3)6-7-20(22)4)16-24-27-23(17-32-24)25(30)26-8-9-28-10-12-31-13-11-28/h6-7,14,17-18,21H,8-13,15-16H2,1-5H3,(H,26,30)/t21-/m1/s1. The Morgan fingerprint density at radius 3 is 2.66 bits per heavy atom. The molecule has 0 saturated carbocycles. The zero-order valence-electron chi connectivity index (χ0n) is 20.2. The number of nitrogens with zero attached hydrogens (tertiary/aromatic N) is 3. The monoisotopic (exact) mass is 442 g/mol. The number of aryl methyl sites for hydroxylation is 2. The van der Waals surface area contributed by atoms with Crippen LogP contribution < -0.4 is 5.32 Å². The molecule has 32 heavy (non-hydrogen) atoms. The van der Waals surface area contributed by atoms with Crippen molar-refractivity contribution in [1.82, 2.24) is 20.1 Å². The Kier molecular flexibility index (Phi) is 8.84. The van der Waals surface area contributed by atoms with Crippen LogP contribution in [0.1, 0.15) is 53.8 Å². The van der Waals surface area contributed by atoms with E-state index in [9.17, 15) is 4.79 Å². The lowest BCUT2D eigenvalue weighted by molar-refractivity contribution is 0.0383. The minimum atomic E-state index is -0.189. The molecule has 2 aromatic rings. The SMILES string of the molecule is Cc1ccc(C)c(CN(Cc2nc(C(=O)NCCN3CCOCC3)co2)[C@H](C)C(C)C)c1. The fraction of sp³-hybridized carbons (Fsp3) is 0.600. The third-order valence-corrected chi connectivity index (χ3v) is 6.36. The van der Waals surface area contributed by atoms with E-state index in [-0.39, 0.29) is 5.91 Å². The Balaban J connectivity index is 1.60. The van der Waals surface area contributed by atoms with Crippen LogP contribution in [0.2, 0.25) is 0 Å². The molecule has 7 heteroatoms. The van der Waals surface area contributed by atoms with Crippen molar-refractivity contribution < 1.29 is 13.9 Å². The highest BCUT2D eigenvalue weighted by atomic mass is 16.5. The maximum Gasteiger partial charge on any atom is 0.273 e. The molecule has 3 rings (SSSR count). The van der Waals surface area contributed by atoms with E-state index in [1.807, 2.05) is 0 Å². The van der Waals surface area contributed by atoms with Gasteiger partial charge in [-0.15, -0.1) is 0 Å². The fourth-order valence-electron chi connectivity index (χ4n) is 3.86. The van der Waals surface area contributed by atoms with E-state index < -0.39 is 0 Å². The fourth-order valence-corrected chi connectivity index (χ4v) is 3.86. The average Bonchev–Trinajstić information content (AvgIpc) is 3.24. The molecule has 2 heterocycles. The van der Waals surface area contributed by atoms with Gasteiger partial charge in [0.05, 0.1) is 19.8 Å². The molecule has 1 aliphatic heterocycles. The van der Waals surface area contributed by atoms with Gasteiger partial charge in [-0.2, -0.15) is 0 Å². The number of ether oxygens (including phenoxy) is 1. The van der Waals surface area contributed by atoms with E-state index in [2.05, 4.69) is 72.9 Å². The summed E-state index contributed by atoms with van der Waals surface area (Å²) >= 11 is 0. The summed E-state index contributed by atoms with van der Waals surface area (Å²) in [7, 11) is 0. The summed E-state index contributed by atoms with van der Waals surface area (Å²) in [4.78, 5) is 21.7. The summed E-state index contributed by atoms with van der Waals surface area (Å²) in [5.74, 6) is 0.866. The Bertz CT molecular complexity index is 874. The summed E-state index contributed by atoms with van der Waals surface area (Å²) in [6, 6.07) is 6.91. The number of amides is 1. The predicted molar refractivity (Wildman–Crippen MR) is 126 cm³/mol. The number of morpholine rings is 1. The van der Waals surface area contributed by atoms with E-state index in [0.29, 0.717) is 36.6 Å². The quantitative estimate of drug-likeness (QED) is 0.608. The smallest absolute Gasteiger partial charge is 0.273 e. The summed E-state index contributed by atoms with van der Waals surface area (Å²) in [6.07, 6.45) is 1.47. The van der Waals surface area contributed by atoms with Crippen molar-refractivity contribution in [3.8, 4) is 0 Å². The topological polar surface area (TPSA) is 70.8 Å². The second kappa shape index (κ2) is 11.6. The van der Waals surface area contributed by atoms with Crippen molar-refractivity contribution in [3.63, 3.8) is 0 Å². The summed E-state index contributed by atoms with van der Waals surface area (Å²) in [6.45, 7) is 17.1. The van der Waals surface area contributed by atoms with Gasteiger partial charge in [0, 0.05) is 38.8 Å². The van der Waals surface area contributed by atoms with Crippen molar-refractivity contribution in [1.29, 1.82) is 0 Å². The number of oxazole rings is 1. The van der Waals surface area contributed by atoms with Crippen LogP contribution in [0, 0.1) is 19.8 Å². The van der Waals surface area contributed by atoms with Crippen molar-refractivity contribution in [2.24, 2.45) is 5.92 Å². The number of carbonyl (C=O) groups excluding carboxylic acids is 1. The molecule has 7 nitrogen and oxygen atoms in total. The molecule has 0 unspecified atom stereocenters. The van der Waals surface area contributed by atoms with Crippen LogP contribution in [-0.2, 0) is 17.8 Å². The van der Waals surface area contributed by atoms with Crippen LogP contribution in [0.5, 0.6) is 0 Å². The number of nitrogens with one attached hydrogen (secondary N) is 1. The Morgan fingerprint density at radius 2 is 1.94 bits per heavy atom. The zero-order chi connectivity index (χ0) is 23.1. The van der Waals surface area contributed by atoms with Crippen molar-refractivity contribution in [3.05, 3.63) is 52.7 Å². The normalized spacial score (nSPS) is 16.0. The molecule has 1 N–H and O–H groups in total. The highest BCUT2D eigenvalue weighted by molar-refractivity contribution is 5.91. The van der Waals surface area contributed by atoms with Crippen LogP contribution in [-0.4, -0.2) is 66.1 Å². The molecule has 1 aliphatic rings. The highest BCUT2D eigenvalue weighted by Crippen LogP contribution is 2.20.